The van der Waals surface area contributed by atoms with Gasteiger partial charge in [-0.1, -0.05) is 12.1 Å². The van der Waals surface area contributed by atoms with Crippen molar-refractivity contribution < 1.29 is 14.3 Å². The minimum absolute atomic E-state index is 0.302. The molecule has 0 aromatic heterocycles. The minimum Gasteiger partial charge on any atom is -0.489 e. The second-order valence-electron chi connectivity index (χ2n) is 6.01. The number of nitrogens with one attached hydrogen (secondary N) is 3. The number of nitriles is 1. The highest BCUT2D eigenvalue weighted by Gasteiger charge is 2.07. The SMILES string of the molecule is CCOCCCNC(=S)NNC(=O)c1cccc(COc2ccc(C#N)cc2)c1. The Morgan fingerprint density at radius 3 is 2.69 bits per heavy atom. The van der Waals surface area contributed by atoms with Crippen molar-refractivity contribution >= 4 is 23.2 Å². The Hall–Kier alpha value is -3.15. The van der Waals surface area contributed by atoms with E-state index in [1.54, 1.807) is 42.5 Å². The lowest BCUT2D eigenvalue weighted by molar-refractivity contribution is 0.0943. The number of hydrazine groups is 1. The highest BCUT2D eigenvalue weighted by atomic mass is 32.1. The number of hydrogen-bond donors (Lipinski definition) is 3. The number of thiocarbonyl (C=S) groups is 1. The number of carbonyl (C=O) groups excluding carboxylic acids is 1. The van der Waals surface area contributed by atoms with Gasteiger partial charge in [0.1, 0.15) is 12.4 Å². The summed E-state index contributed by atoms with van der Waals surface area (Å²) in [6, 6.07) is 16.0. The van der Waals surface area contributed by atoms with Gasteiger partial charge in [-0.05, 0) is 67.5 Å². The van der Waals surface area contributed by atoms with Crippen molar-refractivity contribution in [2.75, 3.05) is 19.8 Å². The zero-order chi connectivity index (χ0) is 20.9. The zero-order valence-corrected chi connectivity index (χ0v) is 17.1. The molecule has 2 rings (SSSR count). The summed E-state index contributed by atoms with van der Waals surface area (Å²) in [6.07, 6.45) is 0.824. The van der Waals surface area contributed by atoms with Crippen LogP contribution in [0.4, 0.5) is 0 Å². The van der Waals surface area contributed by atoms with Crippen LogP contribution in [0.25, 0.3) is 0 Å². The standard InChI is InChI=1S/C21H24N4O3S/c1-2-27-12-4-11-23-21(29)25-24-20(26)18-6-3-5-17(13-18)15-28-19-9-7-16(14-22)8-10-19/h3,5-10,13H,2,4,11-12,15H2,1H3,(H,24,26)(H2,23,25,29). The van der Waals surface area contributed by atoms with Gasteiger partial charge in [0.25, 0.3) is 5.91 Å². The summed E-state index contributed by atoms with van der Waals surface area (Å²) in [5.74, 6) is 0.352. The van der Waals surface area contributed by atoms with Gasteiger partial charge in [0.15, 0.2) is 5.11 Å². The molecule has 0 aliphatic heterocycles. The topological polar surface area (TPSA) is 95.4 Å². The molecule has 0 spiro atoms. The number of nitrogens with zero attached hydrogens (tertiary/aromatic N) is 1. The molecule has 0 aliphatic carbocycles. The number of benzene rings is 2. The molecular weight excluding hydrogens is 388 g/mol. The van der Waals surface area contributed by atoms with Crippen LogP contribution < -0.4 is 20.9 Å². The van der Waals surface area contributed by atoms with E-state index in [1.165, 1.54) is 0 Å². The Morgan fingerprint density at radius 2 is 1.97 bits per heavy atom. The van der Waals surface area contributed by atoms with Crippen LogP contribution in [-0.2, 0) is 11.3 Å². The van der Waals surface area contributed by atoms with E-state index in [1.807, 2.05) is 13.0 Å². The maximum Gasteiger partial charge on any atom is 0.269 e. The summed E-state index contributed by atoms with van der Waals surface area (Å²) in [6.45, 7) is 4.26. The first kappa shape index (κ1) is 22.1. The van der Waals surface area contributed by atoms with Gasteiger partial charge in [0.2, 0.25) is 0 Å². The lowest BCUT2D eigenvalue weighted by Crippen LogP contribution is -2.47. The number of carbonyl (C=O) groups is 1. The van der Waals surface area contributed by atoms with E-state index < -0.39 is 0 Å². The lowest BCUT2D eigenvalue weighted by atomic mass is 10.1. The normalized spacial score (nSPS) is 9.93. The molecule has 0 saturated heterocycles. The van der Waals surface area contributed by atoms with E-state index in [9.17, 15) is 4.79 Å². The van der Waals surface area contributed by atoms with E-state index in [0.29, 0.717) is 48.4 Å². The maximum atomic E-state index is 12.3. The fourth-order valence-corrected chi connectivity index (χ4v) is 2.50. The van der Waals surface area contributed by atoms with Gasteiger partial charge in [0.05, 0.1) is 11.6 Å². The van der Waals surface area contributed by atoms with Gasteiger partial charge in [-0.15, -0.1) is 0 Å². The molecule has 3 N–H and O–H groups in total. The predicted octanol–water partition coefficient (Wildman–Crippen LogP) is 2.67. The lowest BCUT2D eigenvalue weighted by Gasteiger charge is -2.12. The first-order valence-electron chi connectivity index (χ1n) is 9.26. The molecule has 0 saturated carbocycles. The summed E-state index contributed by atoms with van der Waals surface area (Å²) in [4.78, 5) is 12.3. The van der Waals surface area contributed by atoms with Crippen molar-refractivity contribution in [1.29, 1.82) is 5.26 Å². The molecule has 2 aromatic carbocycles. The molecule has 0 aliphatic rings. The molecule has 2 aromatic rings. The van der Waals surface area contributed by atoms with E-state index in [0.717, 1.165) is 12.0 Å². The number of hydrogen-bond acceptors (Lipinski definition) is 5. The van der Waals surface area contributed by atoms with Crippen LogP contribution in [0.15, 0.2) is 48.5 Å². The number of amides is 1. The highest BCUT2D eigenvalue weighted by Crippen LogP contribution is 2.14. The molecule has 0 fully saturated rings. The molecule has 8 heteroatoms. The summed E-state index contributed by atoms with van der Waals surface area (Å²) >= 11 is 5.12. The average molecular weight is 413 g/mol. The Kier molecular flexibility index (Phi) is 9.42. The maximum absolute atomic E-state index is 12.3. The van der Waals surface area contributed by atoms with Crippen molar-refractivity contribution in [2.45, 2.75) is 20.0 Å². The van der Waals surface area contributed by atoms with Gasteiger partial charge in [-0.3, -0.25) is 15.6 Å². The van der Waals surface area contributed by atoms with Gasteiger partial charge in [0, 0.05) is 25.3 Å². The third-order valence-corrected chi connectivity index (χ3v) is 4.07. The van der Waals surface area contributed by atoms with Crippen molar-refractivity contribution in [3.05, 3.63) is 65.2 Å². The second-order valence-corrected chi connectivity index (χ2v) is 6.42. The third kappa shape index (κ3) is 8.17. The van der Waals surface area contributed by atoms with Crippen molar-refractivity contribution in [3.8, 4) is 11.8 Å². The van der Waals surface area contributed by atoms with Crippen LogP contribution in [0.2, 0.25) is 0 Å². The van der Waals surface area contributed by atoms with Crippen LogP contribution in [-0.4, -0.2) is 30.8 Å². The van der Waals surface area contributed by atoms with E-state index in [4.69, 9.17) is 27.0 Å². The fourth-order valence-electron chi connectivity index (χ4n) is 2.35. The molecule has 0 radical (unpaired) electrons. The molecule has 29 heavy (non-hydrogen) atoms. The van der Waals surface area contributed by atoms with Crippen LogP contribution in [0.3, 0.4) is 0 Å². The van der Waals surface area contributed by atoms with Crippen molar-refractivity contribution in [3.63, 3.8) is 0 Å². The summed E-state index contributed by atoms with van der Waals surface area (Å²) in [5.41, 5.74) is 7.16. The minimum atomic E-state index is -0.302. The first-order valence-corrected chi connectivity index (χ1v) is 9.67. The van der Waals surface area contributed by atoms with Crippen molar-refractivity contribution in [1.82, 2.24) is 16.2 Å². The molecule has 152 valence electrons. The van der Waals surface area contributed by atoms with Crippen LogP contribution in [0, 0.1) is 11.3 Å². The summed E-state index contributed by atoms with van der Waals surface area (Å²) < 4.78 is 10.9. The summed E-state index contributed by atoms with van der Waals surface area (Å²) in [7, 11) is 0. The third-order valence-electron chi connectivity index (χ3n) is 3.82. The van der Waals surface area contributed by atoms with E-state index in [-0.39, 0.29) is 5.91 Å². The second kappa shape index (κ2) is 12.3. The molecule has 7 nitrogen and oxygen atoms in total. The van der Waals surface area contributed by atoms with E-state index >= 15 is 0 Å². The van der Waals surface area contributed by atoms with Gasteiger partial charge in [-0.25, -0.2) is 0 Å². The molecule has 0 bridgehead atoms. The quantitative estimate of drug-likeness (QED) is 0.331. The summed E-state index contributed by atoms with van der Waals surface area (Å²) in [5, 5.41) is 12.2. The van der Waals surface area contributed by atoms with E-state index in [2.05, 4.69) is 22.2 Å². The molecule has 0 atom stereocenters. The molecule has 1 amide bonds. The smallest absolute Gasteiger partial charge is 0.269 e. The van der Waals surface area contributed by atoms with Crippen LogP contribution in [0.1, 0.15) is 34.8 Å². The first-order chi connectivity index (χ1) is 14.1. The Balaban J connectivity index is 1.77. The highest BCUT2D eigenvalue weighted by molar-refractivity contribution is 7.80. The Morgan fingerprint density at radius 1 is 1.17 bits per heavy atom. The molecular formula is C21H24N4O3S. The monoisotopic (exact) mass is 412 g/mol. The van der Waals surface area contributed by atoms with Crippen LogP contribution >= 0.6 is 12.2 Å². The van der Waals surface area contributed by atoms with Crippen LogP contribution in [0.5, 0.6) is 5.75 Å². The van der Waals surface area contributed by atoms with Gasteiger partial charge < -0.3 is 14.8 Å². The Bertz CT molecular complexity index is 850. The predicted molar refractivity (Wildman–Crippen MR) is 114 cm³/mol. The molecule has 0 heterocycles. The Labute approximate surface area is 176 Å². The van der Waals surface area contributed by atoms with Gasteiger partial charge in [-0.2, -0.15) is 5.26 Å². The number of rotatable bonds is 9. The zero-order valence-electron chi connectivity index (χ0n) is 16.2. The van der Waals surface area contributed by atoms with Crippen molar-refractivity contribution in [2.24, 2.45) is 0 Å². The van der Waals surface area contributed by atoms with Gasteiger partial charge >= 0.3 is 0 Å². The molecule has 0 unspecified atom stereocenters. The largest absolute Gasteiger partial charge is 0.489 e. The number of ether oxygens (including phenoxy) is 2. The fraction of sp³-hybridized carbons (Fsp3) is 0.286. The average Bonchev–Trinajstić information content (AvgIpc) is 2.76.